The number of nitrogens with zero attached hydrogens (tertiary/aromatic N) is 3. The first-order chi connectivity index (χ1) is 10.8. The minimum atomic E-state index is -4.47. The molecule has 0 atom stereocenters. The Morgan fingerprint density at radius 2 is 1.96 bits per heavy atom. The van der Waals surface area contributed by atoms with E-state index in [1.54, 1.807) is 0 Å². The molecule has 0 saturated carbocycles. The minimum absolute atomic E-state index is 0. The Morgan fingerprint density at radius 3 is 2.54 bits per heavy atom. The van der Waals surface area contributed by atoms with E-state index in [9.17, 15) is 13.2 Å². The van der Waals surface area contributed by atoms with E-state index in [2.05, 4.69) is 44.8 Å². The van der Waals surface area contributed by atoms with Crippen LogP contribution < -0.4 is 16.0 Å². The molecule has 0 aliphatic carbocycles. The monoisotopic (exact) mass is 460 g/mol. The van der Waals surface area contributed by atoms with E-state index in [-0.39, 0.29) is 29.9 Å². The highest BCUT2D eigenvalue weighted by atomic mass is 127. The Balaban J connectivity index is 0.00000529. The van der Waals surface area contributed by atoms with E-state index < -0.39 is 11.9 Å². The molecule has 0 aliphatic heterocycles. The van der Waals surface area contributed by atoms with Crippen LogP contribution in [0.15, 0.2) is 17.3 Å². The smallest absolute Gasteiger partial charge is 0.357 e. The van der Waals surface area contributed by atoms with Gasteiger partial charge in [-0.1, -0.05) is 13.8 Å². The molecule has 10 heteroatoms. The van der Waals surface area contributed by atoms with Gasteiger partial charge < -0.3 is 16.0 Å². The summed E-state index contributed by atoms with van der Waals surface area (Å²) < 4.78 is 37.6. The number of aromatic nitrogens is 2. The Kier molecular flexibility index (Phi) is 10.6. The molecular weight excluding hydrogens is 436 g/mol. The lowest BCUT2D eigenvalue weighted by molar-refractivity contribution is -0.141. The maximum atomic E-state index is 12.5. The lowest BCUT2D eigenvalue weighted by Gasteiger charge is -2.13. The van der Waals surface area contributed by atoms with E-state index >= 15 is 0 Å². The summed E-state index contributed by atoms with van der Waals surface area (Å²) in [5, 5.41) is 8.94. The summed E-state index contributed by atoms with van der Waals surface area (Å²) in [4.78, 5) is 11.6. The van der Waals surface area contributed by atoms with Crippen LogP contribution in [-0.4, -0.2) is 42.1 Å². The first kappa shape index (κ1) is 22.7. The van der Waals surface area contributed by atoms with E-state index in [1.165, 1.54) is 0 Å². The van der Waals surface area contributed by atoms with Gasteiger partial charge in [0.1, 0.15) is 5.69 Å². The molecular formula is C14H24F3IN6. The molecule has 6 nitrogen and oxygen atoms in total. The number of hydrogen-bond acceptors (Lipinski definition) is 4. The summed E-state index contributed by atoms with van der Waals surface area (Å²) in [6.07, 6.45) is -3.39. The molecule has 0 saturated heterocycles. The normalized spacial score (nSPS) is 11.9. The summed E-state index contributed by atoms with van der Waals surface area (Å²) in [5.41, 5.74) is -0.963. The van der Waals surface area contributed by atoms with Crippen molar-refractivity contribution in [2.24, 2.45) is 10.9 Å². The molecule has 0 amide bonds. The molecule has 1 aromatic heterocycles. The Bertz CT molecular complexity index is 508. The second kappa shape index (κ2) is 11.3. The Morgan fingerprint density at radius 1 is 1.25 bits per heavy atom. The molecule has 24 heavy (non-hydrogen) atoms. The molecule has 1 aromatic rings. The summed E-state index contributed by atoms with van der Waals surface area (Å²) >= 11 is 0. The van der Waals surface area contributed by atoms with Crippen molar-refractivity contribution in [3.63, 3.8) is 0 Å². The number of guanidine groups is 1. The molecule has 0 fully saturated rings. The van der Waals surface area contributed by atoms with Gasteiger partial charge in [-0.05, 0) is 18.9 Å². The third kappa shape index (κ3) is 9.08. The maximum absolute atomic E-state index is 12.5. The van der Waals surface area contributed by atoms with Crippen LogP contribution >= 0.6 is 24.0 Å². The van der Waals surface area contributed by atoms with Crippen LogP contribution in [0.5, 0.6) is 0 Å². The topological polar surface area (TPSA) is 74.2 Å². The summed E-state index contributed by atoms with van der Waals surface area (Å²) in [5.74, 6) is 1.07. The zero-order valence-corrected chi connectivity index (χ0v) is 16.3. The summed E-state index contributed by atoms with van der Waals surface area (Å²) in [6, 6.07) is 0.839. The van der Waals surface area contributed by atoms with Crippen molar-refractivity contribution in [3.05, 3.63) is 18.0 Å². The van der Waals surface area contributed by atoms with Crippen molar-refractivity contribution in [3.8, 4) is 0 Å². The van der Waals surface area contributed by atoms with Crippen LogP contribution in [0.2, 0.25) is 0 Å². The fourth-order valence-corrected chi connectivity index (χ4v) is 1.57. The van der Waals surface area contributed by atoms with E-state index in [0.29, 0.717) is 31.5 Å². The molecule has 3 N–H and O–H groups in total. The molecule has 0 unspecified atom stereocenters. The standard InChI is InChI=1S/C14H23F3N6.HI/c1-4-18-12(22-9-10(2)3)20-7-8-21-13-19-6-5-11(23-13)14(15,16)17;/h5-6,10H,4,7-9H2,1-3H3,(H2,18,20,22)(H,19,21,23);1H. The second-order valence-electron chi connectivity index (χ2n) is 5.23. The fourth-order valence-electron chi connectivity index (χ4n) is 1.57. The molecule has 0 spiro atoms. The highest BCUT2D eigenvalue weighted by molar-refractivity contribution is 14.0. The number of rotatable bonds is 7. The average Bonchev–Trinajstić information content (AvgIpc) is 2.48. The number of aliphatic imine (C=N–C) groups is 1. The SMILES string of the molecule is CCNC(=NCC(C)C)NCCNc1nccc(C(F)(F)F)n1.I. The zero-order valence-electron chi connectivity index (χ0n) is 13.9. The third-order valence-corrected chi connectivity index (χ3v) is 2.61. The molecule has 0 aliphatic rings. The summed E-state index contributed by atoms with van der Waals surface area (Å²) in [6.45, 7) is 8.37. The van der Waals surface area contributed by atoms with Gasteiger partial charge in [-0.2, -0.15) is 13.2 Å². The van der Waals surface area contributed by atoms with Crippen molar-refractivity contribution in [1.29, 1.82) is 0 Å². The van der Waals surface area contributed by atoms with Gasteiger partial charge in [0, 0.05) is 32.4 Å². The van der Waals surface area contributed by atoms with Gasteiger partial charge in [0.25, 0.3) is 0 Å². The number of halogens is 4. The Labute approximate surface area is 157 Å². The third-order valence-electron chi connectivity index (χ3n) is 2.61. The minimum Gasteiger partial charge on any atom is -0.357 e. The molecule has 1 heterocycles. The van der Waals surface area contributed by atoms with Gasteiger partial charge in [-0.25, -0.2) is 9.97 Å². The van der Waals surface area contributed by atoms with Crippen molar-refractivity contribution >= 4 is 35.9 Å². The zero-order chi connectivity index (χ0) is 17.3. The largest absolute Gasteiger partial charge is 0.433 e. The van der Waals surface area contributed by atoms with Gasteiger partial charge in [0.15, 0.2) is 5.96 Å². The van der Waals surface area contributed by atoms with Gasteiger partial charge in [-0.3, -0.25) is 4.99 Å². The van der Waals surface area contributed by atoms with Crippen molar-refractivity contribution in [2.45, 2.75) is 26.9 Å². The van der Waals surface area contributed by atoms with E-state index in [1.807, 2.05) is 6.92 Å². The fraction of sp³-hybridized carbons (Fsp3) is 0.643. The first-order valence-corrected chi connectivity index (χ1v) is 7.49. The van der Waals surface area contributed by atoms with Gasteiger partial charge >= 0.3 is 6.18 Å². The van der Waals surface area contributed by atoms with Crippen molar-refractivity contribution < 1.29 is 13.2 Å². The van der Waals surface area contributed by atoms with Gasteiger partial charge in [-0.15, -0.1) is 24.0 Å². The predicted octanol–water partition coefficient (Wildman–Crippen LogP) is 2.74. The molecule has 1 rings (SSSR count). The highest BCUT2D eigenvalue weighted by Crippen LogP contribution is 2.27. The van der Waals surface area contributed by atoms with Crippen molar-refractivity contribution in [1.82, 2.24) is 20.6 Å². The Hall–Kier alpha value is -1.33. The van der Waals surface area contributed by atoms with E-state index in [0.717, 1.165) is 18.8 Å². The lowest BCUT2D eigenvalue weighted by atomic mass is 10.2. The van der Waals surface area contributed by atoms with Gasteiger partial charge in [0.2, 0.25) is 5.95 Å². The number of anilines is 1. The molecule has 0 aromatic carbocycles. The first-order valence-electron chi connectivity index (χ1n) is 7.49. The number of hydrogen-bond donors (Lipinski definition) is 3. The van der Waals surface area contributed by atoms with Crippen LogP contribution in [0.4, 0.5) is 19.1 Å². The predicted molar refractivity (Wildman–Crippen MR) is 99.8 cm³/mol. The number of nitrogens with one attached hydrogen (secondary N) is 3. The van der Waals surface area contributed by atoms with E-state index in [4.69, 9.17) is 0 Å². The lowest BCUT2D eigenvalue weighted by Crippen LogP contribution is -2.39. The van der Waals surface area contributed by atoms with Gasteiger partial charge in [0.05, 0.1) is 0 Å². The van der Waals surface area contributed by atoms with Crippen LogP contribution in [0.25, 0.3) is 0 Å². The quantitative estimate of drug-likeness (QED) is 0.253. The average molecular weight is 460 g/mol. The van der Waals surface area contributed by atoms with Crippen LogP contribution in [-0.2, 0) is 6.18 Å². The highest BCUT2D eigenvalue weighted by Gasteiger charge is 2.32. The summed E-state index contributed by atoms with van der Waals surface area (Å²) in [7, 11) is 0. The number of alkyl halides is 3. The van der Waals surface area contributed by atoms with Crippen LogP contribution in [0, 0.1) is 5.92 Å². The second-order valence-corrected chi connectivity index (χ2v) is 5.23. The maximum Gasteiger partial charge on any atom is 0.433 e. The molecule has 0 radical (unpaired) electrons. The van der Waals surface area contributed by atoms with Crippen LogP contribution in [0.1, 0.15) is 26.5 Å². The van der Waals surface area contributed by atoms with Crippen molar-refractivity contribution in [2.75, 3.05) is 31.5 Å². The van der Waals surface area contributed by atoms with Crippen LogP contribution in [0.3, 0.4) is 0 Å². The molecule has 0 bridgehead atoms. The molecule has 138 valence electrons.